The average molecular weight is 461 g/mol. The normalized spacial score (nSPS) is 14.5. The van der Waals surface area contributed by atoms with Crippen molar-refractivity contribution in [1.29, 1.82) is 0 Å². The van der Waals surface area contributed by atoms with Crippen molar-refractivity contribution in [3.63, 3.8) is 0 Å². The number of hydrogen-bond acceptors (Lipinski definition) is 4. The molecule has 0 unspecified atom stereocenters. The quantitative estimate of drug-likeness (QED) is 0.633. The van der Waals surface area contributed by atoms with Gasteiger partial charge in [-0.2, -0.15) is 0 Å². The largest absolute Gasteiger partial charge is 0.314 e. The maximum atomic E-state index is 12.0. The third-order valence-electron chi connectivity index (χ3n) is 4.33. The van der Waals surface area contributed by atoms with Gasteiger partial charge in [-0.1, -0.05) is 17.7 Å². The van der Waals surface area contributed by atoms with Crippen molar-refractivity contribution in [2.45, 2.75) is 13.3 Å². The lowest BCUT2D eigenvalue weighted by Gasteiger charge is -2.11. The van der Waals surface area contributed by atoms with Crippen molar-refractivity contribution in [2.24, 2.45) is 0 Å². The summed E-state index contributed by atoms with van der Waals surface area (Å²) in [4.78, 5) is 16.4. The highest BCUT2D eigenvalue weighted by molar-refractivity contribution is 9.10. The van der Waals surface area contributed by atoms with Crippen molar-refractivity contribution in [3.05, 3.63) is 62.3 Å². The van der Waals surface area contributed by atoms with Gasteiger partial charge in [0.25, 0.3) is 0 Å². The van der Waals surface area contributed by atoms with Crippen molar-refractivity contribution in [2.75, 3.05) is 26.2 Å². The summed E-state index contributed by atoms with van der Waals surface area (Å²) < 4.78 is 0.902. The fourth-order valence-electron chi connectivity index (χ4n) is 3.02. The number of nitrogens with one attached hydrogen (secondary N) is 2. The minimum atomic E-state index is 0.0290. The molecule has 0 spiro atoms. The van der Waals surface area contributed by atoms with Gasteiger partial charge in [0.2, 0.25) is 0 Å². The fraction of sp³-hybridized carbons (Fsp3) is 0.273. The Kier molecular flexibility index (Phi) is 8.88. The minimum Gasteiger partial charge on any atom is -0.314 e. The van der Waals surface area contributed by atoms with E-state index < -0.39 is 0 Å². The highest BCUT2D eigenvalue weighted by atomic mass is 79.9. The van der Waals surface area contributed by atoms with Gasteiger partial charge in [0, 0.05) is 53.9 Å². The Morgan fingerprint density at radius 3 is 2.36 bits per heavy atom. The monoisotopic (exact) mass is 459 g/mol. The molecular weight excluding hydrogens is 438 g/mol. The van der Waals surface area contributed by atoms with Crippen LogP contribution in [0.2, 0.25) is 5.02 Å². The van der Waals surface area contributed by atoms with Gasteiger partial charge in [-0.3, -0.25) is 9.78 Å². The Bertz CT molecular complexity index is 877. The number of benzene rings is 1. The number of hydrogen-bond donors (Lipinski definition) is 2. The number of carbonyl (C=O) groups excluding carboxylic acids is 1. The molecule has 0 saturated carbocycles. The van der Waals surface area contributed by atoms with Gasteiger partial charge >= 0.3 is 0 Å². The Hall–Kier alpha value is -1.97. The summed E-state index contributed by atoms with van der Waals surface area (Å²) in [5, 5.41) is 7.08. The van der Waals surface area contributed by atoms with Gasteiger partial charge < -0.3 is 10.6 Å². The van der Waals surface area contributed by atoms with Crippen molar-refractivity contribution >= 4 is 45.0 Å². The van der Waals surface area contributed by atoms with Crippen molar-refractivity contribution < 1.29 is 4.79 Å². The molecule has 2 N–H and O–H groups in total. The predicted molar refractivity (Wildman–Crippen MR) is 120 cm³/mol. The molecule has 0 amide bonds. The van der Waals surface area contributed by atoms with E-state index in [1.165, 1.54) is 0 Å². The fourth-order valence-corrected chi connectivity index (χ4v) is 3.54. The van der Waals surface area contributed by atoms with Gasteiger partial charge in [0.15, 0.2) is 5.78 Å². The van der Waals surface area contributed by atoms with Crippen LogP contribution in [0.15, 0.2) is 34.9 Å². The van der Waals surface area contributed by atoms with E-state index in [9.17, 15) is 4.79 Å². The number of nitrogens with zero attached hydrogens (tertiary/aromatic N) is 1. The lowest BCUT2D eigenvalue weighted by Crippen LogP contribution is -2.39. The number of fused-ring (bicyclic) bond motifs is 2. The number of halogens is 2. The smallest absolute Gasteiger partial charge is 0.160 e. The molecule has 1 aromatic heterocycles. The lowest BCUT2D eigenvalue weighted by molar-refractivity contribution is -0.111. The highest BCUT2D eigenvalue weighted by Crippen LogP contribution is 2.32. The molecule has 4 nitrogen and oxygen atoms in total. The first kappa shape index (κ1) is 22.3. The van der Waals surface area contributed by atoms with Crippen LogP contribution < -0.4 is 10.6 Å². The molecule has 2 aromatic rings. The minimum absolute atomic E-state index is 0.0290. The summed E-state index contributed by atoms with van der Waals surface area (Å²) in [5.41, 5.74) is 4.59. The number of rotatable bonds is 1. The zero-order valence-electron chi connectivity index (χ0n) is 15.8. The summed E-state index contributed by atoms with van der Waals surface area (Å²) >= 11 is 9.50. The summed E-state index contributed by atoms with van der Waals surface area (Å²) in [7, 11) is 0. The number of piperazine rings is 1. The van der Waals surface area contributed by atoms with Gasteiger partial charge in [0.1, 0.15) is 0 Å². The van der Waals surface area contributed by atoms with Gasteiger partial charge in [-0.25, -0.2) is 0 Å². The molecule has 1 saturated heterocycles. The zero-order valence-corrected chi connectivity index (χ0v) is 18.1. The predicted octanol–water partition coefficient (Wildman–Crippen LogP) is 3.96. The van der Waals surface area contributed by atoms with Crippen LogP contribution in [0.1, 0.15) is 29.3 Å². The number of ketones is 1. The van der Waals surface area contributed by atoms with E-state index in [-0.39, 0.29) is 5.78 Å². The van der Waals surface area contributed by atoms with Crippen LogP contribution in [-0.4, -0.2) is 36.9 Å². The summed E-state index contributed by atoms with van der Waals surface area (Å²) in [6.07, 6.45) is 12.4. The Labute approximate surface area is 179 Å². The maximum absolute atomic E-state index is 12.0. The van der Waals surface area contributed by atoms with Gasteiger partial charge in [0.05, 0.1) is 5.69 Å². The molecule has 28 heavy (non-hydrogen) atoms. The van der Waals surface area contributed by atoms with Gasteiger partial charge in [-0.15, -0.1) is 12.8 Å². The Morgan fingerprint density at radius 1 is 1.14 bits per heavy atom. The third-order valence-corrected chi connectivity index (χ3v) is 5.00. The summed E-state index contributed by atoms with van der Waals surface area (Å²) in [6, 6.07) is 7.65. The topological polar surface area (TPSA) is 54.0 Å². The summed E-state index contributed by atoms with van der Waals surface area (Å²) in [5.74, 6) is 0.0290. The van der Waals surface area contributed by atoms with E-state index in [0.29, 0.717) is 17.0 Å². The first-order valence-electron chi connectivity index (χ1n) is 8.95. The third kappa shape index (κ3) is 6.02. The van der Waals surface area contributed by atoms with Crippen LogP contribution in [-0.2, 0) is 11.2 Å². The molecule has 2 aliphatic rings. The molecule has 0 radical (unpaired) electrons. The molecule has 0 atom stereocenters. The first-order valence-corrected chi connectivity index (χ1v) is 10.1. The second kappa shape index (κ2) is 11.1. The van der Waals surface area contributed by atoms with Crippen LogP contribution in [0.25, 0.3) is 11.6 Å². The number of allylic oxidation sites excluding steroid dienone is 1. The maximum Gasteiger partial charge on any atom is 0.160 e. The van der Waals surface area contributed by atoms with E-state index in [4.69, 9.17) is 11.6 Å². The van der Waals surface area contributed by atoms with Crippen LogP contribution in [0, 0.1) is 12.8 Å². The Morgan fingerprint density at radius 2 is 1.79 bits per heavy atom. The molecule has 2 heterocycles. The molecule has 146 valence electrons. The number of Topliss-reactive ketones (excluding diaryl/α,β-unsaturated/α-hetero) is 1. The molecule has 6 heteroatoms. The van der Waals surface area contributed by atoms with Crippen LogP contribution in [0.3, 0.4) is 0 Å². The molecular formula is C22H23BrClN3O. The number of carbonyl (C=O) groups is 1. The number of aromatic nitrogens is 1. The van der Waals surface area contributed by atoms with E-state index in [1.54, 1.807) is 13.1 Å². The molecule has 1 aliphatic carbocycles. The summed E-state index contributed by atoms with van der Waals surface area (Å²) in [6.45, 7) is 6.13. The standard InChI is InChI=1S/C16H11BrClNO.C4H10N2.C2H2/c1-9(20)14-5-11-4-12(17)8-19-16(11)6-10-2-3-13(18)7-15(10)14;1-2-6-4-3-5-1;1-2/h2-5,7-8H,6H2,1H3;5-6H,1-4H2;1-2H. The number of pyridine rings is 1. The van der Waals surface area contributed by atoms with E-state index in [0.717, 1.165) is 53.0 Å². The molecule has 1 aromatic carbocycles. The molecule has 0 bridgehead atoms. The Balaban J connectivity index is 0.000000296. The van der Waals surface area contributed by atoms with E-state index in [2.05, 4.69) is 44.4 Å². The van der Waals surface area contributed by atoms with Gasteiger partial charge in [-0.05, 0) is 63.8 Å². The first-order chi connectivity index (χ1) is 13.5. The van der Waals surface area contributed by atoms with E-state index >= 15 is 0 Å². The van der Waals surface area contributed by atoms with Crippen molar-refractivity contribution in [3.8, 4) is 12.8 Å². The average Bonchev–Trinajstić information content (AvgIpc) is 2.88. The van der Waals surface area contributed by atoms with Crippen LogP contribution in [0.5, 0.6) is 0 Å². The molecule has 1 aliphatic heterocycles. The van der Waals surface area contributed by atoms with Crippen LogP contribution >= 0.6 is 27.5 Å². The second-order valence-electron chi connectivity index (χ2n) is 6.28. The second-order valence-corrected chi connectivity index (χ2v) is 7.63. The van der Waals surface area contributed by atoms with Crippen molar-refractivity contribution in [1.82, 2.24) is 15.6 Å². The molecule has 1 fully saturated rings. The molecule has 4 rings (SSSR count). The van der Waals surface area contributed by atoms with E-state index in [1.807, 2.05) is 30.3 Å². The lowest BCUT2D eigenvalue weighted by atomic mass is 9.96. The van der Waals surface area contributed by atoms with Crippen LogP contribution in [0.4, 0.5) is 0 Å². The highest BCUT2D eigenvalue weighted by Gasteiger charge is 2.19. The number of terminal acetylenes is 1. The SMILES string of the molecule is C#C.C1CNCCN1.CC(=O)C1=Cc2cc(Br)cnc2Cc2ccc(Cl)cc21. The zero-order chi connectivity index (χ0) is 20.5.